The number of amidine groups is 1. The molecule has 110 valence electrons. The lowest BCUT2D eigenvalue weighted by atomic mass is 10.2. The first-order valence-electron chi connectivity index (χ1n) is 5.63. The quantitative estimate of drug-likeness (QED) is 0.668. The third-order valence-corrected chi connectivity index (χ3v) is 2.91. The van der Waals surface area contributed by atoms with Crippen LogP contribution in [-0.4, -0.2) is 10.8 Å². The van der Waals surface area contributed by atoms with Crippen LogP contribution in [0.2, 0.25) is 5.02 Å². The fourth-order valence-corrected chi connectivity index (χ4v) is 1.85. The van der Waals surface area contributed by atoms with E-state index >= 15 is 0 Å². The van der Waals surface area contributed by atoms with E-state index in [0.717, 1.165) is 12.1 Å². The summed E-state index contributed by atoms with van der Waals surface area (Å²) in [6, 6.07) is 6.05. The topological polar surface area (TPSA) is 72.0 Å². The standard InChI is InChI=1S/C13H9ClF3N3O/c14-10-7(11(18)19)5-6-20-12(10)21-9-4-2-1-3-8(9)13(15,16)17/h1-6H,(H3,18,19). The predicted molar refractivity (Wildman–Crippen MR) is 71.8 cm³/mol. The summed E-state index contributed by atoms with van der Waals surface area (Å²) >= 11 is 5.93. The minimum absolute atomic E-state index is 0.123. The first kappa shape index (κ1) is 15.1. The van der Waals surface area contributed by atoms with Gasteiger partial charge in [0.15, 0.2) is 0 Å². The van der Waals surface area contributed by atoms with Gasteiger partial charge in [0.2, 0.25) is 5.88 Å². The summed E-state index contributed by atoms with van der Waals surface area (Å²) in [4.78, 5) is 3.77. The molecule has 0 saturated carbocycles. The van der Waals surface area contributed by atoms with E-state index in [1.807, 2.05) is 0 Å². The van der Waals surface area contributed by atoms with Gasteiger partial charge in [-0.15, -0.1) is 0 Å². The Morgan fingerprint density at radius 3 is 2.52 bits per heavy atom. The Kier molecular flexibility index (Phi) is 4.04. The largest absolute Gasteiger partial charge is 0.437 e. The van der Waals surface area contributed by atoms with Gasteiger partial charge in [0.25, 0.3) is 0 Å². The number of nitrogens with one attached hydrogen (secondary N) is 1. The van der Waals surface area contributed by atoms with Crippen LogP contribution >= 0.6 is 11.6 Å². The second kappa shape index (κ2) is 5.61. The summed E-state index contributed by atoms with van der Waals surface area (Å²) in [5.41, 5.74) is 4.49. The van der Waals surface area contributed by atoms with Crippen molar-refractivity contribution in [2.24, 2.45) is 5.73 Å². The Labute approximate surface area is 122 Å². The second-order valence-electron chi connectivity index (χ2n) is 3.99. The molecule has 0 saturated heterocycles. The summed E-state index contributed by atoms with van der Waals surface area (Å²) in [6.45, 7) is 0. The fraction of sp³-hybridized carbons (Fsp3) is 0.0769. The zero-order chi connectivity index (χ0) is 15.6. The highest BCUT2D eigenvalue weighted by molar-refractivity contribution is 6.35. The highest BCUT2D eigenvalue weighted by Crippen LogP contribution is 2.39. The number of nitrogens with zero attached hydrogens (tertiary/aromatic N) is 1. The van der Waals surface area contributed by atoms with Crippen molar-refractivity contribution in [1.82, 2.24) is 4.98 Å². The molecule has 0 radical (unpaired) electrons. The maximum Gasteiger partial charge on any atom is 0.419 e. The Bertz CT molecular complexity index is 689. The summed E-state index contributed by atoms with van der Waals surface area (Å²) < 4.78 is 43.8. The van der Waals surface area contributed by atoms with Crippen molar-refractivity contribution in [2.75, 3.05) is 0 Å². The third kappa shape index (κ3) is 3.25. The predicted octanol–water partition coefficient (Wildman–Crippen LogP) is 3.83. The summed E-state index contributed by atoms with van der Waals surface area (Å²) in [7, 11) is 0. The molecule has 2 aromatic rings. The minimum Gasteiger partial charge on any atom is -0.437 e. The van der Waals surface area contributed by atoms with Gasteiger partial charge in [-0.2, -0.15) is 13.2 Å². The van der Waals surface area contributed by atoms with E-state index in [0.29, 0.717) is 0 Å². The van der Waals surface area contributed by atoms with E-state index in [-0.39, 0.29) is 22.3 Å². The number of hydrogen-bond donors (Lipinski definition) is 2. The Morgan fingerprint density at radius 2 is 1.90 bits per heavy atom. The van der Waals surface area contributed by atoms with E-state index in [2.05, 4.69) is 4.98 Å². The first-order valence-corrected chi connectivity index (χ1v) is 6.01. The molecule has 0 fully saturated rings. The van der Waals surface area contributed by atoms with Crippen molar-refractivity contribution in [3.63, 3.8) is 0 Å². The number of benzene rings is 1. The number of pyridine rings is 1. The number of rotatable bonds is 3. The van der Waals surface area contributed by atoms with Crippen molar-refractivity contribution < 1.29 is 17.9 Å². The first-order chi connectivity index (χ1) is 9.80. The van der Waals surface area contributed by atoms with E-state index in [9.17, 15) is 13.2 Å². The van der Waals surface area contributed by atoms with Crippen LogP contribution in [0.5, 0.6) is 11.6 Å². The Morgan fingerprint density at radius 1 is 1.24 bits per heavy atom. The highest BCUT2D eigenvalue weighted by Gasteiger charge is 2.34. The lowest BCUT2D eigenvalue weighted by Crippen LogP contribution is -2.12. The molecule has 21 heavy (non-hydrogen) atoms. The van der Waals surface area contributed by atoms with Crippen LogP contribution in [0, 0.1) is 5.41 Å². The SMILES string of the molecule is N=C(N)c1ccnc(Oc2ccccc2C(F)(F)F)c1Cl. The molecule has 0 aliphatic carbocycles. The van der Waals surface area contributed by atoms with Crippen LogP contribution in [0.3, 0.4) is 0 Å². The minimum atomic E-state index is -4.57. The monoisotopic (exact) mass is 315 g/mol. The summed E-state index contributed by atoms with van der Waals surface area (Å²) in [5.74, 6) is -1.02. The molecule has 0 aliphatic rings. The highest BCUT2D eigenvalue weighted by atomic mass is 35.5. The van der Waals surface area contributed by atoms with Gasteiger partial charge in [-0.1, -0.05) is 23.7 Å². The van der Waals surface area contributed by atoms with E-state index in [1.165, 1.54) is 24.4 Å². The van der Waals surface area contributed by atoms with Crippen molar-refractivity contribution in [3.05, 3.63) is 52.7 Å². The molecule has 0 aliphatic heterocycles. The van der Waals surface area contributed by atoms with Gasteiger partial charge >= 0.3 is 6.18 Å². The third-order valence-electron chi connectivity index (χ3n) is 2.55. The average molecular weight is 316 g/mol. The van der Waals surface area contributed by atoms with Crippen LogP contribution < -0.4 is 10.5 Å². The van der Waals surface area contributed by atoms with Crippen molar-refractivity contribution in [2.45, 2.75) is 6.18 Å². The van der Waals surface area contributed by atoms with Crippen LogP contribution in [0.1, 0.15) is 11.1 Å². The zero-order valence-electron chi connectivity index (χ0n) is 10.4. The van der Waals surface area contributed by atoms with Crippen molar-refractivity contribution in [1.29, 1.82) is 5.41 Å². The zero-order valence-corrected chi connectivity index (χ0v) is 11.2. The summed E-state index contributed by atoms with van der Waals surface area (Å²) in [5, 5.41) is 7.20. The van der Waals surface area contributed by atoms with Crippen LogP contribution in [-0.2, 0) is 6.18 Å². The van der Waals surface area contributed by atoms with Gasteiger partial charge in [-0.05, 0) is 18.2 Å². The maximum atomic E-state index is 12.9. The number of alkyl halides is 3. The number of para-hydroxylation sites is 1. The molecule has 0 amide bonds. The molecule has 1 aromatic carbocycles. The van der Waals surface area contributed by atoms with Crippen molar-refractivity contribution in [3.8, 4) is 11.6 Å². The van der Waals surface area contributed by atoms with E-state index in [4.69, 9.17) is 27.5 Å². The van der Waals surface area contributed by atoms with Gasteiger partial charge in [-0.3, -0.25) is 5.41 Å². The number of ether oxygens (including phenoxy) is 1. The number of aromatic nitrogens is 1. The molecule has 0 bridgehead atoms. The number of nitrogens with two attached hydrogens (primary N) is 1. The van der Waals surface area contributed by atoms with Crippen LogP contribution in [0.15, 0.2) is 36.5 Å². The van der Waals surface area contributed by atoms with Crippen LogP contribution in [0.4, 0.5) is 13.2 Å². The fourth-order valence-electron chi connectivity index (χ4n) is 1.60. The maximum absolute atomic E-state index is 12.9. The molecule has 0 spiro atoms. The molecule has 0 atom stereocenters. The lowest BCUT2D eigenvalue weighted by Gasteiger charge is -2.14. The molecular weight excluding hydrogens is 307 g/mol. The normalized spacial score (nSPS) is 11.2. The average Bonchev–Trinajstić information content (AvgIpc) is 2.40. The molecule has 0 unspecified atom stereocenters. The lowest BCUT2D eigenvalue weighted by molar-refractivity contribution is -0.138. The molecule has 1 aromatic heterocycles. The smallest absolute Gasteiger partial charge is 0.419 e. The van der Waals surface area contributed by atoms with E-state index in [1.54, 1.807) is 0 Å². The second-order valence-corrected chi connectivity index (χ2v) is 4.37. The number of nitrogen functional groups attached to an aromatic ring is 1. The molecule has 8 heteroatoms. The molecule has 3 N–H and O–H groups in total. The van der Waals surface area contributed by atoms with Gasteiger partial charge in [0.1, 0.15) is 16.6 Å². The number of halogens is 4. The van der Waals surface area contributed by atoms with Gasteiger partial charge in [0, 0.05) is 11.8 Å². The molecular formula is C13H9ClF3N3O. The summed E-state index contributed by atoms with van der Waals surface area (Å²) in [6.07, 6.45) is -3.32. The van der Waals surface area contributed by atoms with Crippen LogP contribution in [0.25, 0.3) is 0 Å². The molecule has 4 nitrogen and oxygen atoms in total. The number of hydrogen-bond acceptors (Lipinski definition) is 3. The van der Waals surface area contributed by atoms with Gasteiger partial charge < -0.3 is 10.5 Å². The molecule has 2 rings (SSSR count). The van der Waals surface area contributed by atoms with Gasteiger partial charge in [0.05, 0.1) is 5.56 Å². The van der Waals surface area contributed by atoms with Gasteiger partial charge in [-0.25, -0.2) is 4.98 Å². The van der Waals surface area contributed by atoms with Crippen molar-refractivity contribution >= 4 is 17.4 Å². The Balaban J connectivity index is 2.45. The van der Waals surface area contributed by atoms with E-state index < -0.39 is 17.5 Å². The Hall–Kier alpha value is -2.28. The molecule has 1 heterocycles.